The summed E-state index contributed by atoms with van der Waals surface area (Å²) in [5, 5.41) is 9.94. The van der Waals surface area contributed by atoms with E-state index >= 15 is 0 Å². The molecule has 0 aliphatic carbocycles. The third-order valence-electron chi connectivity index (χ3n) is 4.19. The van der Waals surface area contributed by atoms with Gasteiger partial charge in [-0.25, -0.2) is 18.2 Å². The van der Waals surface area contributed by atoms with Gasteiger partial charge in [-0.1, -0.05) is 12.1 Å². The number of fused-ring (bicyclic) bond motifs is 1. The van der Waals surface area contributed by atoms with Gasteiger partial charge in [-0.3, -0.25) is 4.72 Å². The SMILES string of the molecule is Cn1cc(S(=O)(=O)Nc2ccc(-c3nc4ccccc4s3)cc2)cc1C(=O)O. The van der Waals surface area contributed by atoms with Crippen molar-refractivity contribution in [3.63, 3.8) is 0 Å². The molecule has 9 heteroatoms. The summed E-state index contributed by atoms with van der Waals surface area (Å²) >= 11 is 1.57. The Morgan fingerprint density at radius 1 is 1.14 bits per heavy atom. The van der Waals surface area contributed by atoms with Gasteiger partial charge in [0.1, 0.15) is 15.6 Å². The molecule has 28 heavy (non-hydrogen) atoms. The fourth-order valence-electron chi connectivity index (χ4n) is 2.78. The van der Waals surface area contributed by atoms with E-state index in [-0.39, 0.29) is 10.6 Å². The van der Waals surface area contributed by atoms with Gasteiger partial charge < -0.3 is 9.67 Å². The van der Waals surface area contributed by atoms with Crippen LogP contribution in [0.5, 0.6) is 0 Å². The van der Waals surface area contributed by atoms with E-state index in [0.29, 0.717) is 5.69 Å². The van der Waals surface area contributed by atoms with Crippen molar-refractivity contribution in [1.29, 1.82) is 0 Å². The van der Waals surface area contributed by atoms with Crippen LogP contribution in [0.15, 0.2) is 65.7 Å². The smallest absolute Gasteiger partial charge is 0.352 e. The maximum atomic E-state index is 12.5. The summed E-state index contributed by atoms with van der Waals surface area (Å²) in [6.07, 6.45) is 1.27. The second-order valence-corrected chi connectivity index (χ2v) is 8.86. The number of aromatic nitrogens is 2. The number of thiazole rings is 1. The molecule has 0 radical (unpaired) electrons. The fourth-order valence-corrected chi connectivity index (χ4v) is 4.88. The maximum absolute atomic E-state index is 12.5. The molecule has 0 aliphatic heterocycles. The molecule has 0 atom stereocenters. The Balaban J connectivity index is 1.58. The topological polar surface area (TPSA) is 101 Å². The lowest BCUT2D eigenvalue weighted by atomic mass is 10.2. The lowest BCUT2D eigenvalue weighted by Gasteiger charge is -2.07. The van der Waals surface area contributed by atoms with Crippen LogP contribution in [-0.2, 0) is 17.1 Å². The first-order chi connectivity index (χ1) is 13.3. The number of carbonyl (C=O) groups is 1. The van der Waals surface area contributed by atoms with Gasteiger partial charge in [0.15, 0.2) is 0 Å². The first kappa shape index (κ1) is 18.2. The van der Waals surface area contributed by atoms with Gasteiger partial charge in [-0.15, -0.1) is 11.3 Å². The molecule has 0 bridgehead atoms. The number of hydrogen-bond acceptors (Lipinski definition) is 5. The summed E-state index contributed by atoms with van der Waals surface area (Å²) in [6, 6.07) is 15.9. The van der Waals surface area contributed by atoms with E-state index in [4.69, 9.17) is 5.11 Å². The zero-order valence-corrected chi connectivity index (χ0v) is 16.3. The number of nitrogens with zero attached hydrogens (tertiary/aromatic N) is 2. The van der Waals surface area contributed by atoms with E-state index < -0.39 is 16.0 Å². The van der Waals surface area contributed by atoms with Gasteiger partial charge in [0.05, 0.1) is 10.2 Å². The molecule has 0 amide bonds. The highest BCUT2D eigenvalue weighted by Crippen LogP contribution is 2.31. The fraction of sp³-hybridized carbons (Fsp3) is 0.0526. The molecule has 2 aromatic carbocycles. The largest absolute Gasteiger partial charge is 0.477 e. The van der Waals surface area contributed by atoms with Crippen molar-refractivity contribution < 1.29 is 18.3 Å². The van der Waals surface area contributed by atoms with Crippen LogP contribution in [0.2, 0.25) is 0 Å². The lowest BCUT2D eigenvalue weighted by Crippen LogP contribution is -2.12. The van der Waals surface area contributed by atoms with Gasteiger partial charge in [0, 0.05) is 24.5 Å². The van der Waals surface area contributed by atoms with E-state index in [2.05, 4.69) is 9.71 Å². The van der Waals surface area contributed by atoms with E-state index in [1.807, 2.05) is 24.3 Å². The zero-order chi connectivity index (χ0) is 19.9. The summed E-state index contributed by atoms with van der Waals surface area (Å²) in [5.74, 6) is -1.19. The average molecular weight is 413 g/mol. The number of carboxylic acids is 1. The van der Waals surface area contributed by atoms with E-state index in [1.165, 1.54) is 17.8 Å². The monoisotopic (exact) mass is 413 g/mol. The predicted molar refractivity (Wildman–Crippen MR) is 108 cm³/mol. The summed E-state index contributed by atoms with van der Waals surface area (Å²) in [6.45, 7) is 0. The summed E-state index contributed by atoms with van der Waals surface area (Å²) in [5.41, 5.74) is 2.08. The Morgan fingerprint density at radius 3 is 2.50 bits per heavy atom. The molecule has 2 N–H and O–H groups in total. The van der Waals surface area contributed by atoms with Crippen LogP contribution in [0.1, 0.15) is 10.5 Å². The van der Waals surface area contributed by atoms with Crippen LogP contribution in [0.3, 0.4) is 0 Å². The third-order valence-corrected chi connectivity index (χ3v) is 6.62. The Bertz CT molecular complexity index is 1260. The first-order valence-electron chi connectivity index (χ1n) is 8.22. The molecule has 0 spiro atoms. The minimum absolute atomic E-state index is 0.105. The number of hydrogen-bond donors (Lipinski definition) is 2. The van der Waals surface area contributed by atoms with E-state index in [9.17, 15) is 13.2 Å². The number of aromatic carboxylic acids is 1. The summed E-state index contributed by atoms with van der Waals surface area (Å²) in [4.78, 5) is 15.6. The molecule has 4 rings (SSSR count). The van der Waals surface area contributed by atoms with Crippen LogP contribution in [0, 0.1) is 0 Å². The first-order valence-corrected chi connectivity index (χ1v) is 10.5. The van der Waals surface area contributed by atoms with Gasteiger partial charge in [0.2, 0.25) is 0 Å². The van der Waals surface area contributed by atoms with Crippen LogP contribution in [0.25, 0.3) is 20.8 Å². The molecule has 2 aromatic heterocycles. The van der Waals surface area contributed by atoms with E-state index in [0.717, 1.165) is 26.9 Å². The highest BCUT2D eigenvalue weighted by Gasteiger charge is 2.20. The van der Waals surface area contributed by atoms with Crippen molar-refractivity contribution in [2.45, 2.75) is 4.90 Å². The molecule has 0 aliphatic rings. The number of anilines is 1. The summed E-state index contributed by atoms with van der Waals surface area (Å²) in [7, 11) is -2.41. The molecule has 0 fully saturated rings. The third kappa shape index (κ3) is 3.37. The lowest BCUT2D eigenvalue weighted by molar-refractivity contribution is 0.0686. The highest BCUT2D eigenvalue weighted by atomic mass is 32.2. The zero-order valence-electron chi connectivity index (χ0n) is 14.7. The quantitative estimate of drug-likeness (QED) is 0.518. The molecular formula is C19H15N3O4S2. The minimum Gasteiger partial charge on any atom is -0.477 e. The predicted octanol–water partition coefficient (Wildman–Crippen LogP) is 3.80. The average Bonchev–Trinajstić information content (AvgIpc) is 3.26. The minimum atomic E-state index is -3.89. The van der Waals surface area contributed by atoms with Crippen LogP contribution >= 0.6 is 11.3 Å². The highest BCUT2D eigenvalue weighted by molar-refractivity contribution is 7.92. The normalized spacial score (nSPS) is 11.6. The van der Waals surface area contributed by atoms with Crippen molar-refractivity contribution >= 4 is 43.2 Å². The molecular weight excluding hydrogens is 398 g/mol. The number of nitrogens with one attached hydrogen (secondary N) is 1. The molecule has 142 valence electrons. The number of sulfonamides is 1. The van der Waals surface area contributed by atoms with Crippen molar-refractivity contribution in [3.8, 4) is 10.6 Å². The van der Waals surface area contributed by atoms with Crippen LogP contribution in [0.4, 0.5) is 5.69 Å². The number of carboxylic acid groups (broad SMARTS) is 1. The Morgan fingerprint density at radius 2 is 1.86 bits per heavy atom. The molecule has 2 heterocycles. The second kappa shape index (κ2) is 6.77. The number of aryl methyl sites for hydroxylation is 1. The molecule has 7 nitrogen and oxygen atoms in total. The second-order valence-electron chi connectivity index (χ2n) is 6.15. The van der Waals surface area contributed by atoms with Crippen molar-refractivity contribution in [2.75, 3.05) is 4.72 Å². The van der Waals surface area contributed by atoms with Gasteiger partial charge in [0.25, 0.3) is 10.0 Å². The summed E-state index contributed by atoms with van der Waals surface area (Å²) < 4.78 is 29.9. The molecule has 0 saturated heterocycles. The molecule has 0 saturated carbocycles. The molecule has 0 unspecified atom stereocenters. The standard InChI is InChI=1S/C19H15N3O4S2/c1-22-11-14(10-16(22)19(23)24)28(25,26)21-13-8-6-12(7-9-13)18-20-15-4-2-3-5-17(15)27-18/h2-11,21H,1H3,(H,23,24). The Labute approximate surface area is 165 Å². The van der Waals surface area contributed by atoms with Crippen molar-refractivity contribution in [2.24, 2.45) is 7.05 Å². The van der Waals surface area contributed by atoms with Crippen LogP contribution in [-0.4, -0.2) is 29.0 Å². The van der Waals surface area contributed by atoms with Crippen LogP contribution < -0.4 is 4.72 Å². The van der Waals surface area contributed by atoms with Crippen molar-refractivity contribution in [3.05, 3.63) is 66.5 Å². The Kier molecular flexibility index (Phi) is 4.40. The molecule has 4 aromatic rings. The maximum Gasteiger partial charge on any atom is 0.352 e. The van der Waals surface area contributed by atoms with Gasteiger partial charge >= 0.3 is 5.97 Å². The van der Waals surface area contributed by atoms with Gasteiger partial charge in [-0.05, 0) is 42.5 Å². The number of benzene rings is 2. The number of para-hydroxylation sites is 1. The van der Waals surface area contributed by atoms with Gasteiger partial charge in [-0.2, -0.15) is 0 Å². The number of rotatable bonds is 5. The Hall–Kier alpha value is -3.17. The van der Waals surface area contributed by atoms with Crippen molar-refractivity contribution in [1.82, 2.24) is 9.55 Å². The van der Waals surface area contributed by atoms with E-state index in [1.54, 1.807) is 35.6 Å².